The van der Waals surface area contributed by atoms with Crippen LogP contribution < -0.4 is 4.74 Å². The van der Waals surface area contributed by atoms with Crippen LogP contribution in [0.4, 0.5) is 22.0 Å². The van der Waals surface area contributed by atoms with Crippen molar-refractivity contribution in [2.75, 3.05) is 32.4 Å². The Balaban J connectivity index is 1.37. The van der Waals surface area contributed by atoms with Crippen molar-refractivity contribution in [1.82, 2.24) is 9.21 Å². The van der Waals surface area contributed by atoms with Crippen molar-refractivity contribution in [3.8, 4) is 5.75 Å². The monoisotopic (exact) mass is 506 g/mol. The molecule has 2 saturated heterocycles. The molecule has 2 aliphatic heterocycles. The van der Waals surface area contributed by atoms with E-state index >= 15 is 0 Å². The van der Waals surface area contributed by atoms with Crippen LogP contribution in [0.25, 0.3) is 0 Å². The van der Waals surface area contributed by atoms with Gasteiger partial charge in [-0.15, -0.1) is 0 Å². The second kappa shape index (κ2) is 9.43. The van der Waals surface area contributed by atoms with E-state index in [0.29, 0.717) is 18.4 Å². The minimum Gasteiger partial charge on any atom is -0.482 e. The molecule has 0 unspecified atom stereocenters. The van der Waals surface area contributed by atoms with Gasteiger partial charge in [-0.2, -0.15) is 13.2 Å². The molecule has 186 valence electrons. The van der Waals surface area contributed by atoms with Gasteiger partial charge in [0.1, 0.15) is 6.10 Å². The molecule has 0 amide bonds. The van der Waals surface area contributed by atoms with Gasteiger partial charge in [-0.1, -0.05) is 12.1 Å². The molecule has 0 atom stereocenters. The summed E-state index contributed by atoms with van der Waals surface area (Å²) < 4.78 is 114. The van der Waals surface area contributed by atoms with Gasteiger partial charge in [-0.05, 0) is 54.2 Å². The maximum atomic E-state index is 14.7. The molecule has 0 saturated carbocycles. The van der Waals surface area contributed by atoms with Crippen LogP contribution in [0.3, 0.4) is 0 Å². The predicted octanol–water partition coefficient (Wildman–Crippen LogP) is 4.39. The quantitative estimate of drug-likeness (QED) is 0.546. The number of nitrogens with zero attached hydrogens (tertiary/aromatic N) is 2. The molecule has 0 bridgehead atoms. The zero-order valence-corrected chi connectivity index (χ0v) is 19.1. The van der Waals surface area contributed by atoms with Gasteiger partial charge in [-0.3, -0.25) is 4.90 Å². The first kappa shape index (κ1) is 22.2. The fourth-order valence-corrected chi connectivity index (χ4v) is 5.01. The van der Waals surface area contributed by atoms with Crippen LogP contribution >= 0.6 is 0 Å². The standard InChI is InChI=1S/C23H25F5N2O3S/c1-34(31,32)30-8-6-16(7-9-30)17-10-20(24)22(21(25)11-17)33-19-13-29(14-19)12-15-2-4-18(5-3-15)23(26,27)28/h2-5,10-11,16,19H,6-9,12-14H2,1H3/i12D2. The lowest BCUT2D eigenvalue weighted by atomic mass is 9.90. The van der Waals surface area contributed by atoms with E-state index in [1.54, 1.807) is 0 Å². The molecule has 2 heterocycles. The molecule has 4 rings (SSSR count). The van der Waals surface area contributed by atoms with Gasteiger partial charge in [0.05, 0.1) is 11.8 Å². The van der Waals surface area contributed by atoms with E-state index in [2.05, 4.69) is 0 Å². The Morgan fingerprint density at radius 3 is 2.12 bits per heavy atom. The molecule has 11 heteroatoms. The Morgan fingerprint density at radius 1 is 1.06 bits per heavy atom. The highest BCUT2D eigenvalue weighted by molar-refractivity contribution is 7.88. The lowest BCUT2D eigenvalue weighted by Crippen LogP contribution is -2.53. The Kier molecular flexibility index (Phi) is 6.17. The maximum Gasteiger partial charge on any atom is 0.416 e. The molecule has 0 radical (unpaired) electrons. The second-order valence-corrected chi connectivity index (χ2v) is 10.6. The maximum absolute atomic E-state index is 14.7. The molecule has 5 nitrogen and oxygen atoms in total. The zero-order chi connectivity index (χ0) is 26.5. The number of sulfonamides is 1. The smallest absolute Gasteiger partial charge is 0.416 e. The van der Waals surface area contributed by atoms with E-state index in [-0.39, 0.29) is 37.7 Å². The average Bonchev–Trinajstić information content (AvgIpc) is 2.76. The van der Waals surface area contributed by atoms with Crippen molar-refractivity contribution in [3.05, 3.63) is 64.7 Å². The lowest BCUT2D eigenvalue weighted by Gasteiger charge is -2.39. The second-order valence-electron chi connectivity index (χ2n) is 8.58. The van der Waals surface area contributed by atoms with Crippen LogP contribution in [0, 0.1) is 11.6 Å². The highest BCUT2D eigenvalue weighted by atomic mass is 32.2. The molecule has 0 N–H and O–H groups in total. The van der Waals surface area contributed by atoms with Gasteiger partial charge in [0, 0.05) is 35.4 Å². The Bertz CT molecular complexity index is 1190. The number of hydrogen-bond acceptors (Lipinski definition) is 4. The number of hydrogen-bond donors (Lipinski definition) is 0. The molecule has 0 aromatic heterocycles. The van der Waals surface area contributed by atoms with Crippen LogP contribution in [-0.2, 0) is 22.7 Å². The topological polar surface area (TPSA) is 49.9 Å². The van der Waals surface area contributed by atoms with Gasteiger partial charge in [0.25, 0.3) is 0 Å². The molecule has 2 aliphatic rings. The summed E-state index contributed by atoms with van der Waals surface area (Å²) in [6.45, 7) is -1.59. The zero-order valence-electron chi connectivity index (χ0n) is 20.3. The molecular formula is C23H25F5N2O3S. The lowest BCUT2D eigenvalue weighted by molar-refractivity contribution is -0.137. The number of likely N-dealkylation sites (tertiary alicyclic amines) is 1. The Hall–Kier alpha value is -2.24. The SMILES string of the molecule is [2H]C([2H])(c1ccc(C(F)(F)F)cc1)N1CC(Oc2c(F)cc(C3CCN(S(C)(=O)=O)CC3)cc2F)C1. The van der Waals surface area contributed by atoms with Crippen LogP contribution in [0.15, 0.2) is 36.4 Å². The van der Waals surface area contributed by atoms with Crippen LogP contribution in [-0.4, -0.2) is 56.2 Å². The fourth-order valence-electron chi connectivity index (χ4n) is 4.14. The number of rotatable bonds is 6. The molecule has 34 heavy (non-hydrogen) atoms. The van der Waals surface area contributed by atoms with Gasteiger partial charge in [-0.25, -0.2) is 21.5 Å². The third-order valence-corrected chi connectivity index (χ3v) is 7.35. The number of benzene rings is 2. The predicted molar refractivity (Wildman–Crippen MR) is 116 cm³/mol. The third-order valence-electron chi connectivity index (χ3n) is 6.05. The summed E-state index contributed by atoms with van der Waals surface area (Å²) in [6.07, 6.45) is -3.25. The molecule has 2 aromatic rings. The van der Waals surface area contributed by atoms with Crippen molar-refractivity contribution in [1.29, 1.82) is 0 Å². The van der Waals surface area contributed by atoms with Crippen LogP contribution in [0.1, 0.15) is 38.2 Å². The van der Waals surface area contributed by atoms with Gasteiger partial charge < -0.3 is 4.74 Å². The summed E-state index contributed by atoms with van der Waals surface area (Å²) in [5, 5.41) is 0. The third kappa shape index (κ3) is 5.69. The minimum absolute atomic E-state index is 0.0153. The van der Waals surface area contributed by atoms with E-state index in [1.807, 2.05) is 0 Å². The highest BCUT2D eigenvalue weighted by Crippen LogP contribution is 2.34. The van der Waals surface area contributed by atoms with E-state index < -0.39 is 51.7 Å². The first-order valence-corrected chi connectivity index (χ1v) is 12.5. The molecule has 0 aliphatic carbocycles. The van der Waals surface area contributed by atoms with Gasteiger partial charge in [0.2, 0.25) is 10.0 Å². The summed E-state index contributed by atoms with van der Waals surface area (Å²) in [7, 11) is -3.32. The molecule has 0 spiro atoms. The first-order chi connectivity index (χ1) is 16.7. The van der Waals surface area contributed by atoms with E-state index in [1.165, 1.54) is 21.3 Å². The summed E-state index contributed by atoms with van der Waals surface area (Å²) >= 11 is 0. The summed E-state index contributed by atoms with van der Waals surface area (Å²) in [4.78, 5) is 1.31. The summed E-state index contributed by atoms with van der Waals surface area (Å²) in [6, 6.07) is 6.09. The van der Waals surface area contributed by atoms with E-state index in [4.69, 9.17) is 7.48 Å². The molecule has 2 fully saturated rings. The van der Waals surface area contributed by atoms with Crippen molar-refractivity contribution < 1.29 is 37.8 Å². The van der Waals surface area contributed by atoms with Crippen LogP contribution in [0.2, 0.25) is 0 Å². The van der Waals surface area contributed by atoms with Crippen LogP contribution in [0.5, 0.6) is 5.75 Å². The Morgan fingerprint density at radius 2 is 1.62 bits per heavy atom. The van der Waals surface area contributed by atoms with E-state index in [9.17, 15) is 30.4 Å². The summed E-state index contributed by atoms with van der Waals surface area (Å²) in [5.74, 6) is -2.58. The largest absolute Gasteiger partial charge is 0.482 e. The number of halogens is 5. The molecular weight excluding hydrogens is 479 g/mol. The van der Waals surface area contributed by atoms with Crippen molar-refractivity contribution in [2.24, 2.45) is 0 Å². The normalized spacial score (nSPS) is 20.5. The van der Waals surface area contributed by atoms with Crippen molar-refractivity contribution >= 4 is 10.0 Å². The number of ether oxygens (including phenoxy) is 1. The number of piperidine rings is 1. The van der Waals surface area contributed by atoms with E-state index in [0.717, 1.165) is 30.5 Å². The highest BCUT2D eigenvalue weighted by Gasteiger charge is 2.33. The van der Waals surface area contributed by atoms with Gasteiger partial charge >= 0.3 is 6.18 Å². The number of alkyl halides is 3. The minimum atomic E-state index is -4.53. The van der Waals surface area contributed by atoms with Crippen molar-refractivity contribution in [2.45, 2.75) is 37.5 Å². The molecule has 2 aromatic carbocycles. The Labute approximate surface area is 198 Å². The summed E-state index contributed by atoms with van der Waals surface area (Å²) in [5.41, 5.74) is -0.445. The average molecular weight is 507 g/mol. The van der Waals surface area contributed by atoms with Crippen molar-refractivity contribution in [3.63, 3.8) is 0 Å². The van der Waals surface area contributed by atoms with Gasteiger partial charge in [0.15, 0.2) is 17.4 Å². The first-order valence-electron chi connectivity index (χ1n) is 11.7. The fraction of sp³-hybridized carbons (Fsp3) is 0.478.